The molecule has 0 saturated carbocycles. The lowest BCUT2D eigenvalue weighted by atomic mass is 10.4. The Morgan fingerprint density at radius 2 is 2.00 bits per heavy atom. The monoisotopic (exact) mass is 284 g/mol. The van der Waals surface area contributed by atoms with E-state index in [1.54, 1.807) is 13.8 Å². The normalized spacial score (nSPS) is 15.0. The van der Waals surface area contributed by atoms with Gasteiger partial charge in [0.25, 0.3) is 0 Å². The van der Waals surface area contributed by atoms with Gasteiger partial charge in [-0.1, -0.05) is 29.2 Å². The van der Waals surface area contributed by atoms with Crippen molar-refractivity contribution >= 4 is 28.6 Å². The minimum Gasteiger partial charge on any atom is -0.433 e. The molecule has 0 radical (unpaired) electrons. The SMILES string of the molecule is C=C(C)C(=O)OC(C)OC(C)I. The Hall–Kier alpha value is -0.100. The Balaban J connectivity index is 3.76. The lowest BCUT2D eigenvalue weighted by Gasteiger charge is -2.15. The summed E-state index contributed by atoms with van der Waals surface area (Å²) in [7, 11) is 0. The molecule has 0 aromatic heterocycles. The van der Waals surface area contributed by atoms with Gasteiger partial charge in [-0.15, -0.1) is 0 Å². The van der Waals surface area contributed by atoms with E-state index in [4.69, 9.17) is 9.47 Å². The van der Waals surface area contributed by atoms with Crippen molar-refractivity contribution in [2.75, 3.05) is 0 Å². The lowest BCUT2D eigenvalue weighted by Crippen LogP contribution is -2.20. The van der Waals surface area contributed by atoms with Gasteiger partial charge in [-0.3, -0.25) is 0 Å². The number of ether oxygens (including phenoxy) is 2. The van der Waals surface area contributed by atoms with E-state index in [0.717, 1.165) is 0 Å². The summed E-state index contributed by atoms with van der Waals surface area (Å²) in [6, 6.07) is 0. The quantitative estimate of drug-likeness (QED) is 0.261. The topological polar surface area (TPSA) is 35.5 Å². The van der Waals surface area contributed by atoms with Crippen molar-refractivity contribution in [2.24, 2.45) is 0 Å². The van der Waals surface area contributed by atoms with Crippen LogP contribution in [0.2, 0.25) is 0 Å². The van der Waals surface area contributed by atoms with E-state index >= 15 is 0 Å². The average molecular weight is 284 g/mol. The third-order valence-electron chi connectivity index (χ3n) is 1.00. The van der Waals surface area contributed by atoms with Gasteiger partial charge >= 0.3 is 5.97 Å². The van der Waals surface area contributed by atoms with Crippen molar-refractivity contribution in [1.29, 1.82) is 0 Å². The minimum atomic E-state index is -0.513. The highest BCUT2D eigenvalue weighted by Crippen LogP contribution is 2.07. The van der Waals surface area contributed by atoms with Crippen molar-refractivity contribution in [3.8, 4) is 0 Å². The molecule has 0 fully saturated rings. The second-order valence-electron chi connectivity index (χ2n) is 2.43. The van der Waals surface area contributed by atoms with E-state index < -0.39 is 12.3 Å². The second-order valence-corrected chi connectivity index (χ2v) is 4.19. The number of rotatable bonds is 4. The van der Waals surface area contributed by atoms with Crippen LogP contribution in [-0.4, -0.2) is 16.4 Å². The molecule has 0 aliphatic heterocycles. The third-order valence-corrected chi connectivity index (χ3v) is 1.29. The smallest absolute Gasteiger partial charge is 0.335 e. The summed E-state index contributed by atoms with van der Waals surface area (Å²) in [6.07, 6.45) is -0.513. The molecule has 4 heteroatoms. The van der Waals surface area contributed by atoms with E-state index in [0.29, 0.717) is 5.57 Å². The zero-order valence-electron chi connectivity index (χ0n) is 7.46. The summed E-state index contributed by atoms with van der Waals surface area (Å²) >= 11 is 2.09. The summed E-state index contributed by atoms with van der Waals surface area (Å²) in [5.74, 6) is -0.417. The standard InChI is InChI=1S/C8H13IO3/c1-5(2)8(10)12-7(4)11-6(3)9/h6-7H,1H2,2-4H3. The molecule has 0 bridgehead atoms. The lowest BCUT2D eigenvalue weighted by molar-refractivity contribution is -0.170. The molecule has 0 amide bonds. The molecule has 0 N–H and O–H groups in total. The highest BCUT2D eigenvalue weighted by Gasteiger charge is 2.11. The maximum Gasteiger partial charge on any atom is 0.335 e. The predicted octanol–water partition coefficient (Wildman–Crippen LogP) is 2.25. The van der Waals surface area contributed by atoms with E-state index in [9.17, 15) is 4.79 Å². The molecule has 0 aliphatic rings. The van der Waals surface area contributed by atoms with E-state index in [-0.39, 0.29) is 4.11 Å². The number of hydrogen-bond acceptors (Lipinski definition) is 3. The van der Waals surface area contributed by atoms with E-state index in [2.05, 4.69) is 29.2 Å². The van der Waals surface area contributed by atoms with Crippen LogP contribution in [0.25, 0.3) is 0 Å². The summed E-state index contributed by atoms with van der Waals surface area (Å²) in [4.78, 5) is 10.9. The first kappa shape index (κ1) is 11.9. The molecule has 0 aromatic rings. The Morgan fingerprint density at radius 3 is 2.33 bits per heavy atom. The average Bonchev–Trinajstić information content (AvgIpc) is 1.84. The molecule has 70 valence electrons. The maximum absolute atomic E-state index is 10.9. The fourth-order valence-electron chi connectivity index (χ4n) is 0.543. The highest BCUT2D eigenvalue weighted by molar-refractivity contribution is 14.1. The fourth-order valence-corrected chi connectivity index (χ4v) is 0.957. The molecule has 0 rings (SSSR count). The van der Waals surface area contributed by atoms with Crippen LogP contribution in [0, 0.1) is 0 Å². The first-order valence-corrected chi connectivity index (χ1v) is 4.84. The van der Waals surface area contributed by atoms with Gasteiger partial charge in [0.1, 0.15) is 4.11 Å². The Bertz CT molecular complexity index is 177. The summed E-state index contributed by atoms with van der Waals surface area (Å²) in [6.45, 7) is 8.60. The van der Waals surface area contributed by atoms with Crippen LogP contribution in [0.1, 0.15) is 20.8 Å². The Kier molecular flexibility index (Phi) is 5.48. The zero-order chi connectivity index (χ0) is 9.72. The van der Waals surface area contributed by atoms with Gasteiger partial charge in [0, 0.05) is 5.57 Å². The highest BCUT2D eigenvalue weighted by atomic mass is 127. The van der Waals surface area contributed by atoms with E-state index in [1.807, 2.05) is 6.92 Å². The van der Waals surface area contributed by atoms with Crippen molar-refractivity contribution < 1.29 is 14.3 Å². The van der Waals surface area contributed by atoms with Gasteiger partial charge in [-0.25, -0.2) is 4.79 Å². The largest absolute Gasteiger partial charge is 0.433 e. The molecular weight excluding hydrogens is 271 g/mol. The van der Waals surface area contributed by atoms with Gasteiger partial charge in [0.2, 0.25) is 6.29 Å². The van der Waals surface area contributed by atoms with Gasteiger partial charge in [0.15, 0.2) is 0 Å². The molecule has 2 atom stereocenters. The number of halogens is 1. The molecule has 0 aromatic carbocycles. The van der Waals surface area contributed by atoms with Gasteiger partial charge in [-0.2, -0.15) is 0 Å². The van der Waals surface area contributed by atoms with Crippen molar-refractivity contribution in [2.45, 2.75) is 31.2 Å². The van der Waals surface area contributed by atoms with Crippen molar-refractivity contribution in [1.82, 2.24) is 0 Å². The first-order valence-electron chi connectivity index (χ1n) is 3.59. The number of esters is 1. The molecule has 2 unspecified atom stereocenters. The van der Waals surface area contributed by atoms with Crippen LogP contribution in [-0.2, 0) is 14.3 Å². The van der Waals surface area contributed by atoms with Gasteiger partial charge < -0.3 is 9.47 Å². The van der Waals surface area contributed by atoms with Crippen LogP contribution >= 0.6 is 22.6 Å². The van der Waals surface area contributed by atoms with Crippen LogP contribution in [0.4, 0.5) is 0 Å². The maximum atomic E-state index is 10.9. The number of carbonyl (C=O) groups excluding carboxylic acids is 1. The van der Waals surface area contributed by atoms with Crippen LogP contribution in [0.5, 0.6) is 0 Å². The van der Waals surface area contributed by atoms with Crippen LogP contribution in [0.3, 0.4) is 0 Å². The summed E-state index contributed by atoms with van der Waals surface area (Å²) < 4.78 is 10.1. The van der Waals surface area contributed by atoms with Gasteiger partial charge in [0.05, 0.1) is 0 Å². The second kappa shape index (κ2) is 5.53. The molecule has 0 heterocycles. The molecule has 0 spiro atoms. The number of hydrogen-bond donors (Lipinski definition) is 0. The van der Waals surface area contributed by atoms with Crippen LogP contribution in [0.15, 0.2) is 12.2 Å². The Morgan fingerprint density at radius 1 is 1.50 bits per heavy atom. The summed E-state index contributed by atoms with van der Waals surface area (Å²) in [5.41, 5.74) is 0.381. The molecule has 0 saturated heterocycles. The molecular formula is C8H13IO3. The first-order chi connectivity index (χ1) is 5.43. The molecule has 12 heavy (non-hydrogen) atoms. The third kappa shape index (κ3) is 5.54. The van der Waals surface area contributed by atoms with E-state index in [1.165, 1.54) is 0 Å². The summed E-state index contributed by atoms with van der Waals surface area (Å²) in [5, 5.41) is 0. The Labute approximate surface area is 86.3 Å². The van der Waals surface area contributed by atoms with Gasteiger partial charge in [-0.05, 0) is 20.8 Å². The van der Waals surface area contributed by atoms with Crippen LogP contribution < -0.4 is 0 Å². The number of alkyl halides is 1. The molecule has 0 aliphatic carbocycles. The molecule has 3 nitrogen and oxygen atoms in total. The zero-order valence-corrected chi connectivity index (χ0v) is 9.62. The number of carbonyl (C=O) groups is 1. The van der Waals surface area contributed by atoms with Crippen molar-refractivity contribution in [3.63, 3.8) is 0 Å². The fraction of sp³-hybridized carbons (Fsp3) is 0.625. The van der Waals surface area contributed by atoms with Crippen molar-refractivity contribution in [3.05, 3.63) is 12.2 Å². The minimum absolute atomic E-state index is 0.0236. The predicted molar refractivity (Wildman–Crippen MR) is 54.9 cm³/mol.